The Morgan fingerprint density at radius 1 is 1.28 bits per heavy atom. The van der Waals surface area contributed by atoms with E-state index in [0.29, 0.717) is 6.04 Å². The molecule has 0 unspecified atom stereocenters. The molecular weight excluding hydrogens is 240 g/mol. The van der Waals surface area contributed by atoms with Crippen molar-refractivity contribution in [3.63, 3.8) is 0 Å². The Kier molecular flexibility index (Phi) is 4.00. The van der Waals surface area contributed by atoms with Crippen LogP contribution >= 0.6 is 11.8 Å². The van der Waals surface area contributed by atoms with E-state index in [2.05, 4.69) is 50.0 Å². The zero-order valence-corrected chi connectivity index (χ0v) is 12.3. The monoisotopic (exact) mass is 262 g/mol. The van der Waals surface area contributed by atoms with E-state index in [1.165, 1.54) is 24.0 Å². The first-order valence-corrected chi connectivity index (χ1v) is 7.49. The normalized spacial score (nSPS) is 16.9. The number of amidine groups is 1. The second kappa shape index (κ2) is 5.35. The van der Waals surface area contributed by atoms with Crippen LogP contribution in [0, 0.1) is 0 Å². The Bertz CT molecular complexity index is 425. The van der Waals surface area contributed by atoms with Gasteiger partial charge in [0.05, 0.1) is 6.04 Å². The third kappa shape index (κ3) is 4.05. The van der Waals surface area contributed by atoms with E-state index >= 15 is 0 Å². The van der Waals surface area contributed by atoms with Crippen molar-refractivity contribution in [2.75, 3.05) is 0 Å². The van der Waals surface area contributed by atoms with E-state index < -0.39 is 0 Å². The van der Waals surface area contributed by atoms with Crippen molar-refractivity contribution < 1.29 is 0 Å². The van der Waals surface area contributed by atoms with Gasteiger partial charge in [0, 0.05) is 5.75 Å². The number of thioether (sulfide) groups is 1. The smallest absolute Gasteiger partial charge is 0.154 e. The summed E-state index contributed by atoms with van der Waals surface area (Å²) in [6, 6.07) is 9.32. The summed E-state index contributed by atoms with van der Waals surface area (Å²) in [6.07, 6.45) is 2.42. The Balaban J connectivity index is 1.90. The number of nitrogens with zero attached hydrogens (tertiary/aromatic N) is 1. The maximum Gasteiger partial charge on any atom is 0.154 e. The average Bonchev–Trinajstić information content (AvgIpc) is 3.10. The first kappa shape index (κ1) is 13.5. The Morgan fingerprint density at radius 3 is 2.39 bits per heavy atom. The second-order valence-corrected chi connectivity index (χ2v) is 6.93. The summed E-state index contributed by atoms with van der Waals surface area (Å²) in [5, 5.41) is 0.734. The molecule has 0 aromatic heterocycles. The molecule has 0 bridgehead atoms. The van der Waals surface area contributed by atoms with Gasteiger partial charge >= 0.3 is 0 Å². The van der Waals surface area contributed by atoms with Crippen LogP contribution in [-0.4, -0.2) is 11.2 Å². The molecule has 1 fully saturated rings. The highest BCUT2D eigenvalue weighted by Crippen LogP contribution is 2.26. The summed E-state index contributed by atoms with van der Waals surface area (Å²) in [6.45, 7) is 6.70. The summed E-state index contributed by atoms with van der Waals surface area (Å²) >= 11 is 1.64. The van der Waals surface area contributed by atoms with Crippen LogP contribution in [-0.2, 0) is 11.2 Å². The predicted molar refractivity (Wildman–Crippen MR) is 81.1 cm³/mol. The van der Waals surface area contributed by atoms with Gasteiger partial charge in [0.2, 0.25) is 0 Å². The van der Waals surface area contributed by atoms with E-state index in [1.807, 2.05) is 0 Å². The Labute approximate surface area is 114 Å². The van der Waals surface area contributed by atoms with Gasteiger partial charge < -0.3 is 5.73 Å². The quantitative estimate of drug-likeness (QED) is 0.666. The molecule has 1 aromatic carbocycles. The largest absolute Gasteiger partial charge is 0.379 e. The van der Waals surface area contributed by atoms with Crippen molar-refractivity contribution in [3.05, 3.63) is 35.4 Å². The molecule has 98 valence electrons. The Morgan fingerprint density at radius 2 is 1.89 bits per heavy atom. The number of hydrogen-bond acceptors (Lipinski definition) is 2. The molecule has 1 aliphatic carbocycles. The van der Waals surface area contributed by atoms with Gasteiger partial charge in [0.25, 0.3) is 0 Å². The van der Waals surface area contributed by atoms with E-state index in [1.54, 1.807) is 11.8 Å². The molecule has 0 heterocycles. The molecule has 2 N–H and O–H groups in total. The molecule has 0 saturated heterocycles. The molecule has 0 spiro atoms. The first-order valence-electron chi connectivity index (χ1n) is 6.50. The van der Waals surface area contributed by atoms with Crippen LogP contribution in [0.15, 0.2) is 29.3 Å². The van der Waals surface area contributed by atoms with E-state index in [4.69, 9.17) is 5.73 Å². The molecule has 0 aliphatic heterocycles. The third-order valence-electron chi connectivity index (χ3n) is 3.06. The van der Waals surface area contributed by atoms with Gasteiger partial charge in [0.15, 0.2) is 5.17 Å². The van der Waals surface area contributed by atoms with E-state index in [0.717, 1.165) is 10.9 Å². The number of aliphatic imine (C=N–C) groups is 1. The second-order valence-electron chi connectivity index (χ2n) is 5.93. The van der Waals surface area contributed by atoms with Crippen LogP contribution < -0.4 is 5.73 Å². The number of hydrogen-bond donors (Lipinski definition) is 1. The zero-order valence-electron chi connectivity index (χ0n) is 11.4. The van der Waals surface area contributed by atoms with Crippen molar-refractivity contribution in [2.45, 2.75) is 50.8 Å². The molecule has 1 aliphatic rings. The van der Waals surface area contributed by atoms with Gasteiger partial charge in [-0.05, 0) is 29.4 Å². The molecule has 2 rings (SSSR count). The van der Waals surface area contributed by atoms with Crippen molar-refractivity contribution in [2.24, 2.45) is 10.7 Å². The number of nitrogens with two attached hydrogens (primary N) is 1. The molecule has 2 nitrogen and oxygen atoms in total. The van der Waals surface area contributed by atoms with Crippen molar-refractivity contribution >= 4 is 16.9 Å². The maximum absolute atomic E-state index is 5.87. The summed E-state index contributed by atoms with van der Waals surface area (Å²) in [5.41, 5.74) is 8.77. The van der Waals surface area contributed by atoms with Gasteiger partial charge in [-0.2, -0.15) is 0 Å². The van der Waals surface area contributed by atoms with Crippen LogP contribution in [0.5, 0.6) is 0 Å². The van der Waals surface area contributed by atoms with Crippen molar-refractivity contribution in [1.82, 2.24) is 0 Å². The fraction of sp³-hybridized carbons (Fsp3) is 0.533. The van der Waals surface area contributed by atoms with E-state index in [-0.39, 0.29) is 5.41 Å². The van der Waals surface area contributed by atoms with Crippen molar-refractivity contribution in [1.29, 1.82) is 0 Å². The molecule has 3 heteroatoms. The highest BCUT2D eigenvalue weighted by atomic mass is 32.2. The minimum absolute atomic E-state index is 0.220. The number of benzene rings is 1. The minimum Gasteiger partial charge on any atom is -0.379 e. The van der Waals surface area contributed by atoms with Gasteiger partial charge in [-0.3, -0.25) is 4.99 Å². The van der Waals surface area contributed by atoms with Gasteiger partial charge in [-0.25, -0.2) is 0 Å². The highest BCUT2D eigenvalue weighted by molar-refractivity contribution is 8.13. The summed E-state index contributed by atoms with van der Waals surface area (Å²) in [7, 11) is 0. The molecular formula is C15H22N2S. The third-order valence-corrected chi connectivity index (χ3v) is 3.94. The van der Waals surface area contributed by atoms with Gasteiger partial charge in [-0.15, -0.1) is 0 Å². The summed E-state index contributed by atoms with van der Waals surface area (Å²) in [4.78, 5) is 4.42. The lowest BCUT2D eigenvalue weighted by Gasteiger charge is -2.19. The summed E-state index contributed by atoms with van der Waals surface area (Å²) < 4.78 is 0. The molecule has 0 atom stereocenters. The molecule has 0 radical (unpaired) electrons. The fourth-order valence-corrected chi connectivity index (χ4v) is 2.41. The van der Waals surface area contributed by atoms with Crippen LogP contribution in [0.3, 0.4) is 0 Å². The average molecular weight is 262 g/mol. The van der Waals surface area contributed by atoms with Gasteiger partial charge in [-0.1, -0.05) is 56.8 Å². The van der Waals surface area contributed by atoms with Crippen molar-refractivity contribution in [3.8, 4) is 0 Å². The maximum atomic E-state index is 5.87. The molecule has 1 aromatic rings. The lowest BCUT2D eigenvalue weighted by atomic mass is 9.87. The molecule has 18 heavy (non-hydrogen) atoms. The first-order chi connectivity index (χ1) is 8.45. The number of rotatable bonds is 3. The van der Waals surface area contributed by atoms with Crippen LogP contribution in [0.1, 0.15) is 44.7 Å². The SMILES string of the molecule is CC(C)(C)c1ccc(CSC(N)=NC2CC2)cc1. The predicted octanol–water partition coefficient (Wildman–Crippen LogP) is 3.69. The highest BCUT2D eigenvalue weighted by Gasteiger charge is 2.20. The lowest BCUT2D eigenvalue weighted by Crippen LogP contribution is -2.11. The standard InChI is InChI=1S/C15H22N2S/c1-15(2,3)12-6-4-11(5-7-12)10-18-14(16)17-13-8-9-13/h4-7,13H,8-10H2,1-3H3,(H2,16,17). The van der Waals surface area contributed by atoms with E-state index in [9.17, 15) is 0 Å². The Hall–Kier alpha value is -0.960. The van der Waals surface area contributed by atoms with Crippen LogP contribution in [0.2, 0.25) is 0 Å². The summed E-state index contributed by atoms with van der Waals surface area (Å²) in [5.74, 6) is 0.909. The van der Waals surface area contributed by atoms with Gasteiger partial charge in [0.1, 0.15) is 0 Å². The topological polar surface area (TPSA) is 38.4 Å². The molecule has 0 amide bonds. The zero-order chi connectivity index (χ0) is 13.2. The fourth-order valence-electron chi connectivity index (χ4n) is 1.68. The van der Waals surface area contributed by atoms with Crippen LogP contribution in [0.4, 0.5) is 0 Å². The molecule has 1 saturated carbocycles. The minimum atomic E-state index is 0.220. The van der Waals surface area contributed by atoms with Crippen LogP contribution in [0.25, 0.3) is 0 Å². The lowest BCUT2D eigenvalue weighted by molar-refractivity contribution is 0.590.